The molecule has 0 bridgehead atoms. The van der Waals surface area contributed by atoms with Crippen molar-refractivity contribution in [2.75, 3.05) is 23.9 Å². The lowest BCUT2D eigenvalue weighted by Gasteiger charge is -2.45. The second-order valence-corrected chi connectivity index (χ2v) is 13.2. The Labute approximate surface area is 280 Å². The number of para-hydroxylation sites is 2. The number of non-ortho nitro benzene ring substituents is 1. The van der Waals surface area contributed by atoms with Gasteiger partial charge in [0.25, 0.3) is 11.4 Å². The van der Waals surface area contributed by atoms with Crippen LogP contribution in [0.4, 0.5) is 17.1 Å². The molecular weight excluding hydrogens is 608 g/mol. The van der Waals surface area contributed by atoms with Crippen molar-refractivity contribution < 1.29 is 20.8 Å². The molecule has 7 rings (SSSR count). The molecule has 0 amide bonds. The number of ether oxygens (including phenoxy) is 1. The Morgan fingerprint density at radius 1 is 0.812 bits per heavy atom. The van der Waals surface area contributed by atoms with Gasteiger partial charge in [0.2, 0.25) is 5.72 Å². The number of nitrogens with zero attached hydrogens (tertiary/aromatic N) is 4. The molecule has 3 aliphatic heterocycles. The zero-order valence-corrected chi connectivity index (χ0v) is 27.6. The number of fused-ring (bicyclic) bond motifs is 3. The zero-order valence-electron chi connectivity index (χ0n) is 27.6. The summed E-state index contributed by atoms with van der Waals surface area (Å²) >= 11 is 0. The molecule has 10 heteroatoms. The minimum absolute atomic E-state index is 0. The van der Waals surface area contributed by atoms with Crippen LogP contribution in [0.25, 0.3) is 6.08 Å². The molecule has 48 heavy (non-hydrogen) atoms. The van der Waals surface area contributed by atoms with E-state index in [1.54, 1.807) is 18.2 Å². The van der Waals surface area contributed by atoms with E-state index in [4.69, 9.17) is 4.74 Å². The number of anilines is 2. The van der Waals surface area contributed by atoms with Gasteiger partial charge in [-0.05, 0) is 73.6 Å². The highest BCUT2D eigenvalue weighted by Gasteiger charge is 2.57. The van der Waals surface area contributed by atoms with Crippen LogP contribution in [0, 0.1) is 20.2 Å². The van der Waals surface area contributed by atoms with Crippen LogP contribution in [0.3, 0.4) is 0 Å². The largest absolute Gasteiger partial charge is 0.463 e. The summed E-state index contributed by atoms with van der Waals surface area (Å²) in [5, 5.41) is 21.9. The number of nitro benzene ring substituents is 1. The lowest BCUT2D eigenvalue weighted by molar-refractivity contribution is -0.419. The molecule has 246 valence electrons. The number of hydrogen-bond donors (Lipinski definition) is 0. The van der Waals surface area contributed by atoms with E-state index in [9.17, 15) is 25.0 Å². The fourth-order valence-electron chi connectivity index (χ4n) is 7.13. The predicted octanol–water partition coefficient (Wildman–Crippen LogP) is 7.89. The molecule has 0 aromatic heterocycles. The Kier molecular flexibility index (Phi) is 7.70. The van der Waals surface area contributed by atoms with E-state index >= 15 is 0 Å². The third-order valence-electron chi connectivity index (χ3n) is 9.86. The molecule has 1 spiro atoms. The summed E-state index contributed by atoms with van der Waals surface area (Å²) < 4.78 is 6.44. The first-order valence-electron chi connectivity index (χ1n) is 15.5. The Morgan fingerprint density at radius 2 is 1.48 bits per heavy atom. The van der Waals surface area contributed by atoms with Crippen molar-refractivity contribution in [3.05, 3.63) is 157 Å². The molecule has 0 fully saturated rings. The quantitative estimate of drug-likeness (QED) is 0.160. The molecule has 3 aromatic rings. The van der Waals surface area contributed by atoms with Crippen LogP contribution in [-0.2, 0) is 15.6 Å². The summed E-state index contributed by atoms with van der Waals surface area (Å²) in [6.07, 6.45) is 11.3. The minimum Gasteiger partial charge on any atom is -0.463 e. The Hall–Kier alpha value is -5.77. The first kappa shape index (κ1) is 32.2. The summed E-state index contributed by atoms with van der Waals surface area (Å²) in [5.74, 6) is 0.434. The van der Waals surface area contributed by atoms with Crippen LogP contribution in [0.5, 0.6) is 5.75 Å². The van der Waals surface area contributed by atoms with E-state index in [1.165, 1.54) is 35.4 Å². The summed E-state index contributed by atoms with van der Waals surface area (Å²) in [6.45, 7) is 8.58. The van der Waals surface area contributed by atoms with E-state index < -0.39 is 10.6 Å². The first-order valence-corrected chi connectivity index (χ1v) is 15.5. The van der Waals surface area contributed by atoms with Gasteiger partial charge in [-0.15, -0.1) is 0 Å². The van der Waals surface area contributed by atoms with Crippen LogP contribution in [0.1, 0.15) is 45.8 Å². The average Bonchev–Trinajstić information content (AvgIpc) is 3.36. The maximum atomic E-state index is 12.0. The normalized spacial score (nSPS) is 22.5. The van der Waals surface area contributed by atoms with Crippen LogP contribution in [0.15, 0.2) is 120 Å². The molecule has 0 N–H and O–H groups in total. The van der Waals surface area contributed by atoms with Crippen molar-refractivity contribution in [3.8, 4) is 5.75 Å². The van der Waals surface area contributed by atoms with Crippen LogP contribution in [0.2, 0.25) is 0 Å². The summed E-state index contributed by atoms with van der Waals surface area (Å²) in [5.41, 5.74) is 5.65. The zero-order chi connectivity index (χ0) is 34.6. The molecule has 10 nitrogen and oxygen atoms in total. The van der Waals surface area contributed by atoms with Gasteiger partial charge in [0.1, 0.15) is 5.75 Å². The molecule has 1 atom stereocenters. The third kappa shape index (κ3) is 5.00. The fraction of sp³-hybridized carbons (Fsp3) is 0.237. The number of ketones is 1. The van der Waals surface area contributed by atoms with E-state index in [0.29, 0.717) is 11.3 Å². The van der Waals surface area contributed by atoms with Crippen molar-refractivity contribution in [2.24, 2.45) is 0 Å². The standard InChI is InChI=1S/2C19H18N2O3.H2/c1-18(2)15-6-4-5-7-16(15)20(3)19(18)11-10-13-12-14(21(22)23)8-9-17(13)24-19;1-19(2)15-6-4-5-7-16(15)20(3)18(19)11-8-13-12-14(21(23)24)9-10-17(13)22;/h2*4-12H,1-3H3;1H/t19-;;/m1../s1/i;;1+1. The molecule has 4 aliphatic rings. The molecule has 0 saturated carbocycles. The van der Waals surface area contributed by atoms with Crippen molar-refractivity contribution in [1.82, 2.24) is 0 Å². The Bertz CT molecular complexity index is 2040. The fourth-order valence-corrected chi connectivity index (χ4v) is 7.13. The van der Waals surface area contributed by atoms with Crippen molar-refractivity contribution >= 4 is 28.9 Å². The van der Waals surface area contributed by atoms with Gasteiger partial charge in [-0.1, -0.05) is 50.2 Å². The van der Waals surface area contributed by atoms with Gasteiger partial charge in [0.15, 0.2) is 5.78 Å². The molecule has 0 saturated heterocycles. The summed E-state index contributed by atoms with van der Waals surface area (Å²) in [4.78, 5) is 37.2. The number of benzene rings is 3. The summed E-state index contributed by atoms with van der Waals surface area (Å²) in [6, 6.07) is 21.2. The lowest BCUT2D eigenvalue weighted by Crippen LogP contribution is -2.58. The number of likely N-dealkylation sites (N-methyl/N-ethyl adjacent to an activating group) is 2. The SMILES string of the molecule is CN1C(=CC=C2C=C([N+](=O)[O-])C=CC2=O)C(C)(C)c2ccccc21.CN1c2ccccc2C(C)(C)[C@]12C=Cc1cc([N+](=O)[O-])ccc1O2.[2HH]. The highest BCUT2D eigenvalue weighted by molar-refractivity contribution is 6.07. The third-order valence-corrected chi connectivity index (χ3v) is 9.86. The van der Waals surface area contributed by atoms with Crippen LogP contribution >= 0.6 is 0 Å². The maximum Gasteiger partial charge on any atom is 0.270 e. The number of hydrogen-bond acceptors (Lipinski definition) is 8. The highest BCUT2D eigenvalue weighted by Crippen LogP contribution is 2.54. The number of carbonyl (C=O) groups excluding carboxylic acids is 1. The van der Waals surface area contributed by atoms with E-state index in [2.05, 4.69) is 61.8 Å². The number of nitro groups is 2. The van der Waals surface area contributed by atoms with Crippen LogP contribution in [-0.4, -0.2) is 35.5 Å². The van der Waals surface area contributed by atoms with Crippen molar-refractivity contribution in [3.63, 3.8) is 0 Å². The van der Waals surface area contributed by atoms with Gasteiger partial charge < -0.3 is 14.5 Å². The number of carbonyl (C=O) groups is 1. The van der Waals surface area contributed by atoms with Gasteiger partial charge in [-0.2, -0.15) is 0 Å². The number of rotatable bonds is 3. The van der Waals surface area contributed by atoms with Gasteiger partial charge in [0, 0.05) is 73.4 Å². The van der Waals surface area contributed by atoms with Crippen molar-refractivity contribution in [1.29, 1.82) is 0 Å². The Balaban J connectivity index is 0.000000187. The molecule has 0 radical (unpaired) electrons. The smallest absolute Gasteiger partial charge is 0.270 e. The average molecular weight is 648 g/mol. The Morgan fingerprint density at radius 3 is 2.12 bits per heavy atom. The first-order chi connectivity index (χ1) is 22.7. The monoisotopic (exact) mass is 647 g/mol. The highest BCUT2D eigenvalue weighted by atomic mass is 16.6. The van der Waals surface area contributed by atoms with Gasteiger partial charge >= 0.3 is 0 Å². The van der Waals surface area contributed by atoms with Gasteiger partial charge in [-0.25, -0.2) is 0 Å². The molecule has 0 unspecified atom stereocenters. The van der Waals surface area contributed by atoms with E-state index in [1.807, 2.05) is 56.6 Å². The topological polar surface area (TPSA) is 119 Å². The second kappa shape index (κ2) is 11.5. The minimum atomic E-state index is -0.653. The van der Waals surface area contributed by atoms with E-state index in [0.717, 1.165) is 22.6 Å². The molecular formula is C38H38N4O6. The predicted molar refractivity (Wildman–Crippen MR) is 189 cm³/mol. The summed E-state index contributed by atoms with van der Waals surface area (Å²) in [7, 11) is 4.01. The molecule has 3 aromatic carbocycles. The van der Waals surface area contributed by atoms with E-state index in [-0.39, 0.29) is 34.3 Å². The lowest BCUT2D eigenvalue weighted by atomic mass is 9.76. The maximum absolute atomic E-state index is 12.0. The van der Waals surface area contributed by atoms with Crippen LogP contribution < -0.4 is 14.5 Å². The van der Waals surface area contributed by atoms with Crippen molar-refractivity contribution in [2.45, 2.75) is 44.2 Å². The molecule has 1 aliphatic carbocycles. The van der Waals surface area contributed by atoms with Gasteiger partial charge in [0.05, 0.1) is 15.3 Å². The van der Waals surface area contributed by atoms with Gasteiger partial charge in [-0.3, -0.25) is 25.0 Å². The second-order valence-electron chi connectivity index (χ2n) is 13.2. The molecule has 3 heterocycles. The number of allylic oxidation sites excluding steroid dienone is 7.